The molecule has 0 aromatic heterocycles. The van der Waals surface area contributed by atoms with Gasteiger partial charge in [0.15, 0.2) is 0 Å². The molecule has 0 saturated heterocycles. The third kappa shape index (κ3) is 3.64. The Morgan fingerprint density at radius 2 is 2.08 bits per heavy atom. The highest BCUT2D eigenvalue weighted by atomic mass is 35.5. The SMILES string of the molecule is CN(Cc1cc([N+](=O)[O-])ccc1Cl)C(=O)C1CC1c1ccccc1F. The van der Waals surface area contributed by atoms with Crippen LogP contribution in [0.4, 0.5) is 10.1 Å². The molecule has 2 aromatic rings. The normalized spacial score (nSPS) is 18.7. The van der Waals surface area contributed by atoms with E-state index in [9.17, 15) is 19.3 Å². The monoisotopic (exact) mass is 362 g/mol. The van der Waals surface area contributed by atoms with Gasteiger partial charge in [-0.15, -0.1) is 0 Å². The Morgan fingerprint density at radius 3 is 2.76 bits per heavy atom. The predicted octanol–water partition coefficient (Wildman–Crippen LogP) is 4.15. The first-order chi connectivity index (χ1) is 11.9. The Labute approximate surface area is 149 Å². The van der Waals surface area contributed by atoms with E-state index in [1.54, 1.807) is 25.2 Å². The molecule has 5 nitrogen and oxygen atoms in total. The Morgan fingerprint density at radius 1 is 1.36 bits per heavy atom. The number of nitro benzene ring substituents is 1. The number of carbonyl (C=O) groups is 1. The molecule has 130 valence electrons. The highest BCUT2D eigenvalue weighted by Crippen LogP contribution is 2.49. The van der Waals surface area contributed by atoms with Gasteiger partial charge in [0, 0.05) is 36.7 Å². The fourth-order valence-corrected chi connectivity index (χ4v) is 3.18. The highest BCUT2D eigenvalue weighted by Gasteiger charge is 2.46. The first-order valence-corrected chi connectivity index (χ1v) is 8.18. The van der Waals surface area contributed by atoms with Crippen LogP contribution in [-0.4, -0.2) is 22.8 Å². The van der Waals surface area contributed by atoms with E-state index in [1.165, 1.54) is 29.2 Å². The molecule has 1 fully saturated rings. The van der Waals surface area contributed by atoms with Crippen molar-refractivity contribution < 1.29 is 14.1 Å². The summed E-state index contributed by atoms with van der Waals surface area (Å²) in [7, 11) is 1.62. The highest BCUT2D eigenvalue weighted by molar-refractivity contribution is 6.31. The van der Waals surface area contributed by atoms with Crippen molar-refractivity contribution in [2.24, 2.45) is 5.92 Å². The molecular formula is C18H16ClFN2O3. The zero-order chi connectivity index (χ0) is 18.1. The van der Waals surface area contributed by atoms with Gasteiger partial charge in [0.2, 0.25) is 5.91 Å². The summed E-state index contributed by atoms with van der Waals surface area (Å²) in [5.74, 6) is -0.792. The van der Waals surface area contributed by atoms with Gasteiger partial charge in [-0.05, 0) is 35.6 Å². The van der Waals surface area contributed by atoms with E-state index in [0.29, 0.717) is 22.6 Å². The average molecular weight is 363 g/mol. The topological polar surface area (TPSA) is 63.4 Å². The minimum atomic E-state index is -0.503. The summed E-state index contributed by atoms with van der Waals surface area (Å²) >= 11 is 6.08. The van der Waals surface area contributed by atoms with Gasteiger partial charge in [0.25, 0.3) is 5.69 Å². The van der Waals surface area contributed by atoms with Crippen molar-refractivity contribution in [3.05, 3.63) is 74.5 Å². The lowest BCUT2D eigenvalue weighted by Gasteiger charge is -2.18. The lowest BCUT2D eigenvalue weighted by molar-refractivity contribution is -0.384. The largest absolute Gasteiger partial charge is 0.341 e. The Kier molecular flexibility index (Phi) is 4.72. The van der Waals surface area contributed by atoms with Crippen LogP contribution < -0.4 is 0 Å². The Balaban J connectivity index is 1.69. The number of halogens is 2. The molecule has 1 aliphatic rings. The summed E-state index contributed by atoms with van der Waals surface area (Å²) in [6.45, 7) is 0.167. The maximum atomic E-state index is 13.8. The maximum absolute atomic E-state index is 13.8. The van der Waals surface area contributed by atoms with Crippen molar-refractivity contribution in [1.82, 2.24) is 4.90 Å². The molecular weight excluding hydrogens is 347 g/mol. The first kappa shape index (κ1) is 17.4. The molecule has 3 rings (SSSR count). The minimum Gasteiger partial charge on any atom is -0.341 e. The van der Waals surface area contributed by atoms with Crippen LogP contribution in [0.1, 0.15) is 23.5 Å². The third-order valence-corrected chi connectivity index (χ3v) is 4.80. The van der Waals surface area contributed by atoms with E-state index in [1.807, 2.05) is 0 Å². The quantitative estimate of drug-likeness (QED) is 0.593. The second-order valence-electron chi connectivity index (χ2n) is 6.20. The lowest BCUT2D eigenvalue weighted by atomic mass is 10.1. The van der Waals surface area contributed by atoms with E-state index in [4.69, 9.17) is 11.6 Å². The van der Waals surface area contributed by atoms with Crippen LogP contribution in [0.5, 0.6) is 0 Å². The molecule has 1 amide bonds. The maximum Gasteiger partial charge on any atom is 0.269 e. The van der Waals surface area contributed by atoms with Gasteiger partial charge in [-0.3, -0.25) is 14.9 Å². The Bertz CT molecular complexity index is 843. The minimum absolute atomic E-state index is 0.0732. The smallest absolute Gasteiger partial charge is 0.269 e. The van der Waals surface area contributed by atoms with Gasteiger partial charge in [0.05, 0.1) is 4.92 Å². The number of nitro groups is 1. The molecule has 25 heavy (non-hydrogen) atoms. The van der Waals surface area contributed by atoms with E-state index < -0.39 is 4.92 Å². The standard InChI is InChI=1S/C18H16ClFN2O3/c1-21(10-11-8-12(22(24)25)6-7-16(11)19)18(23)15-9-14(15)13-4-2-3-5-17(13)20/h2-8,14-15H,9-10H2,1H3. The summed E-state index contributed by atoms with van der Waals surface area (Å²) in [6.07, 6.45) is 0.604. The van der Waals surface area contributed by atoms with Crippen LogP contribution in [0.3, 0.4) is 0 Å². The summed E-state index contributed by atoms with van der Waals surface area (Å²) < 4.78 is 13.8. The molecule has 0 aliphatic heterocycles. The zero-order valence-corrected chi connectivity index (χ0v) is 14.2. The van der Waals surface area contributed by atoms with E-state index in [2.05, 4.69) is 0 Å². The van der Waals surface area contributed by atoms with E-state index >= 15 is 0 Å². The van der Waals surface area contributed by atoms with Gasteiger partial charge in [-0.1, -0.05) is 29.8 Å². The molecule has 7 heteroatoms. The molecule has 0 bridgehead atoms. The molecule has 2 unspecified atom stereocenters. The number of hydrogen-bond acceptors (Lipinski definition) is 3. The summed E-state index contributed by atoms with van der Waals surface area (Å²) in [5.41, 5.74) is 0.994. The Hall–Kier alpha value is -2.47. The average Bonchev–Trinajstić information content (AvgIpc) is 3.36. The van der Waals surface area contributed by atoms with Crippen LogP contribution in [-0.2, 0) is 11.3 Å². The fourth-order valence-electron chi connectivity index (χ4n) is 3.00. The summed E-state index contributed by atoms with van der Waals surface area (Å²) in [6, 6.07) is 10.6. The van der Waals surface area contributed by atoms with E-state index in [-0.39, 0.29) is 35.8 Å². The van der Waals surface area contributed by atoms with Crippen LogP contribution in [0, 0.1) is 21.8 Å². The van der Waals surface area contributed by atoms with E-state index in [0.717, 1.165) is 0 Å². The van der Waals surface area contributed by atoms with Crippen molar-refractivity contribution in [2.75, 3.05) is 7.05 Å². The number of rotatable bonds is 5. The van der Waals surface area contributed by atoms with Crippen molar-refractivity contribution in [1.29, 1.82) is 0 Å². The second kappa shape index (κ2) is 6.80. The number of benzene rings is 2. The molecule has 2 atom stereocenters. The predicted molar refractivity (Wildman–Crippen MR) is 91.8 cm³/mol. The van der Waals surface area contributed by atoms with Crippen molar-refractivity contribution in [2.45, 2.75) is 18.9 Å². The van der Waals surface area contributed by atoms with Crippen molar-refractivity contribution >= 4 is 23.2 Å². The van der Waals surface area contributed by atoms with Crippen molar-refractivity contribution in [3.63, 3.8) is 0 Å². The van der Waals surface area contributed by atoms with Gasteiger partial charge in [-0.2, -0.15) is 0 Å². The molecule has 2 aromatic carbocycles. The number of nitrogens with zero attached hydrogens (tertiary/aromatic N) is 2. The molecule has 0 spiro atoms. The second-order valence-corrected chi connectivity index (χ2v) is 6.60. The van der Waals surface area contributed by atoms with Gasteiger partial charge in [0.1, 0.15) is 5.82 Å². The molecule has 0 heterocycles. The van der Waals surface area contributed by atoms with Crippen LogP contribution in [0.15, 0.2) is 42.5 Å². The molecule has 1 saturated carbocycles. The molecule has 0 radical (unpaired) electrons. The zero-order valence-electron chi connectivity index (χ0n) is 13.5. The fraction of sp³-hybridized carbons (Fsp3) is 0.278. The molecule has 1 aliphatic carbocycles. The first-order valence-electron chi connectivity index (χ1n) is 7.80. The van der Waals surface area contributed by atoms with Crippen LogP contribution >= 0.6 is 11.6 Å². The van der Waals surface area contributed by atoms with Gasteiger partial charge < -0.3 is 4.90 Å². The van der Waals surface area contributed by atoms with Crippen LogP contribution in [0.25, 0.3) is 0 Å². The van der Waals surface area contributed by atoms with Crippen molar-refractivity contribution in [3.8, 4) is 0 Å². The van der Waals surface area contributed by atoms with Gasteiger partial charge >= 0.3 is 0 Å². The summed E-state index contributed by atoms with van der Waals surface area (Å²) in [4.78, 5) is 24.4. The number of carbonyl (C=O) groups excluding carboxylic acids is 1. The third-order valence-electron chi connectivity index (χ3n) is 4.44. The van der Waals surface area contributed by atoms with Gasteiger partial charge in [-0.25, -0.2) is 4.39 Å². The lowest BCUT2D eigenvalue weighted by Crippen LogP contribution is -2.28. The summed E-state index contributed by atoms with van der Waals surface area (Å²) in [5, 5.41) is 11.2. The number of hydrogen-bond donors (Lipinski definition) is 0. The van der Waals surface area contributed by atoms with Crippen LogP contribution in [0.2, 0.25) is 5.02 Å². The number of non-ortho nitro benzene ring substituents is 1. The number of amides is 1. The molecule has 0 N–H and O–H groups in total.